The normalized spacial score (nSPS) is 24.1. The smallest absolute Gasteiger partial charge is 0.206 e. The molecule has 1 aromatic carbocycles. The van der Waals surface area contributed by atoms with Crippen LogP contribution in [0.5, 0.6) is 5.75 Å². The van der Waals surface area contributed by atoms with E-state index in [9.17, 15) is 35.1 Å². The Labute approximate surface area is 131 Å². The molecule has 130 valence electrons. The Hall–Kier alpha value is -2.00. The number of hydrogen-bond donors (Lipinski definition) is 0. The maximum atomic E-state index is 14.0. The minimum absolute atomic E-state index is 0.100. The van der Waals surface area contributed by atoms with Crippen molar-refractivity contribution in [1.82, 2.24) is 0 Å². The van der Waals surface area contributed by atoms with Crippen LogP contribution in [0.15, 0.2) is 23.6 Å². The highest BCUT2D eigenvalue weighted by Crippen LogP contribution is 2.43. The summed E-state index contributed by atoms with van der Waals surface area (Å²) >= 11 is 0. The highest BCUT2D eigenvalue weighted by molar-refractivity contribution is 6.56. The maximum absolute atomic E-state index is 14.0. The summed E-state index contributed by atoms with van der Waals surface area (Å²) in [6, 6.07) is 0. The second-order valence-electron chi connectivity index (χ2n) is 5.29. The van der Waals surface area contributed by atoms with E-state index in [4.69, 9.17) is 0 Å². The molecular formula is C14H9BF8O. The van der Waals surface area contributed by atoms with Crippen molar-refractivity contribution in [2.45, 2.75) is 18.4 Å². The van der Waals surface area contributed by atoms with Gasteiger partial charge >= 0.3 is 0 Å². The molecule has 2 atom stereocenters. The molecule has 0 spiro atoms. The van der Waals surface area contributed by atoms with Crippen molar-refractivity contribution >= 4 is 12.7 Å². The minimum atomic E-state index is -3.06. The van der Waals surface area contributed by atoms with Crippen molar-refractivity contribution in [3.05, 3.63) is 46.8 Å². The average molecular weight is 356 g/mol. The first kappa shape index (κ1) is 18.3. The predicted molar refractivity (Wildman–Crippen MR) is 71.3 cm³/mol. The Kier molecular flexibility index (Phi) is 4.69. The van der Waals surface area contributed by atoms with E-state index >= 15 is 0 Å². The summed E-state index contributed by atoms with van der Waals surface area (Å²) in [4.78, 5) is 0. The summed E-state index contributed by atoms with van der Waals surface area (Å²) in [5, 5.41) is 0. The summed E-state index contributed by atoms with van der Waals surface area (Å²) in [5.74, 6) is -16.8. The first-order valence-electron chi connectivity index (χ1n) is 6.54. The Bertz CT molecular complexity index is 756. The van der Waals surface area contributed by atoms with Gasteiger partial charge in [-0.05, 0) is 18.5 Å². The van der Waals surface area contributed by atoms with Crippen LogP contribution in [0.2, 0.25) is 5.82 Å². The number of rotatable bonds is 3. The summed E-state index contributed by atoms with van der Waals surface area (Å²) < 4.78 is 114. The third-order valence-corrected chi connectivity index (χ3v) is 3.61. The molecule has 0 N–H and O–H groups in total. The van der Waals surface area contributed by atoms with Gasteiger partial charge in [0, 0.05) is 5.82 Å². The van der Waals surface area contributed by atoms with E-state index in [1.807, 2.05) is 0 Å². The standard InChI is InChI=1S/C14H9BF8O/c1-14(23)3-4(16)5(9(19)13(14)22)15-6-7(17)10(20)11(21)12(24-2)8(6)18/h3,5,15H,1-2H3. The predicted octanol–water partition coefficient (Wildman–Crippen LogP) is 3.85. The van der Waals surface area contributed by atoms with Crippen LogP contribution in [0.4, 0.5) is 35.1 Å². The van der Waals surface area contributed by atoms with Crippen molar-refractivity contribution in [3.63, 3.8) is 0 Å². The monoisotopic (exact) mass is 356 g/mol. The molecule has 0 amide bonds. The average Bonchev–Trinajstić information content (AvgIpc) is 2.50. The van der Waals surface area contributed by atoms with E-state index in [1.54, 1.807) is 0 Å². The lowest BCUT2D eigenvalue weighted by Gasteiger charge is -2.25. The molecule has 0 radical (unpaired) electrons. The Balaban J connectivity index is 2.55. The van der Waals surface area contributed by atoms with E-state index in [1.165, 1.54) is 0 Å². The van der Waals surface area contributed by atoms with Gasteiger partial charge in [-0.25, -0.2) is 30.7 Å². The molecule has 1 aliphatic rings. The second-order valence-corrected chi connectivity index (χ2v) is 5.29. The van der Waals surface area contributed by atoms with Gasteiger partial charge in [-0.1, -0.05) is 0 Å². The topological polar surface area (TPSA) is 9.23 Å². The van der Waals surface area contributed by atoms with Crippen LogP contribution in [-0.4, -0.2) is 20.1 Å². The fraction of sp³-hybridized carbons (Fsp3) is 0.286. The van der Waals surface area contributed by atoms with Crippen molar-refractivity contribution in [2.75, 3.05) is 7.11 Å². The molecule has 0 heterocycles. The van der Waals surface area contributed by atoms with Gasteiger partial charge in [-0.15, -0.1) is 0 Å². The highest BCUT2D eigenvalue weighted by atomic mass is 19.2. The van der Waals surface area contributed by atoms with Crippen LogP contribution in [0.3, 0.4) is 0 Å². The lowest BCUT2D eigenvalue weighted by Crippen LogP contribution is -2.33. The van der Waals surface area contributed by atoms with Gasteiger partial charge in [0.2, 0.25) is 5.82 Å². The lowest BCUT2D eigenvalue weighted by molar-refractivity contribution is 0.233. The quantitative estimate of drug-likeness (QED) is 0.346. The third kappa shape index (κ3) is 2.78. The largest absolute Gasteiger partial charge is 0.491 e. The van der Waals surface area contributed by atoms with Gasteiger partial charge in [-0.2, -0.15) is 4.39 Å². The Morgan fingerprint density at radius 3 is 2.08 bits per heavy atom. The molecule has 0 aliphatic heterocycles. The molecule has 2 unspecified atom stereocenters. The lowest BCUT2D eigenvalue weighted by atomic mass is 9.56. The van der Waals surface area contributed by atoms with E-state index < -0.39 is 70.7 Å². The fourth-order valence-electron chi connectivity index (χ4n) is 2.34. The van der Waals surface area contributed by atoms with Crippen LogP contribution < -0.4 is 10.2 Å². The Morgan fingerprint density at radius 1 is 0.958 bits per heavy atom. The molecule has 0 saturated heterocycles. The van der Waals surface area contributed by atoms with Gasteiger partial charge in [0.05, 0.1) is 7.11 Å². The molecule has 24 heavy (non-hydrogen) atoms. The zero-order valence-corrected chi connectivity index (χ0v) is 12.3. The van der Waals surface area contributed by atoms with Gasteiger partial charge in [0.1, 0.15) is 11.7 Å². The van der Waals surface area contributed by atoms with Gasteiger partial charge in [0.25, 0.3) is 0 Å². The summed E-state index contributed by atoms with van der Waals surface area (Å²) in [5.41, 5.74) is -4.32. The molecule has 10 heteroatoms. The van der Waals surface area contributed by atoms with Crippen LogP contribution in [0.1, 0.15) is 6.92 Å². The summed E-state index contributed by atoms with van der Waals surface area (Å²) in [6.45, 7) is 0.541. The van der Waals surface area contributed by atoms with E-state index in [0.29, 0.717) is 6.92 Å². The zero-order chi connectivity index (χ0) is 18.4. The molecule has 0 bridgehead atoms. The van der Waals surface area contributed by atoms with Crippen LogP contribution in [0, 0.1) is 23.3 Å². The molecule has 0 fully saturated rings. The second kappa shape index (κ2) is 6.14. The number of allylic oxidation sites excluding steroid dienone is 4. The van der Waals surface area contributed by atoms with Gasteiger partial charge in [-0.3, -0.25) is 0 Å². The third-order valence-electron chi connectivity index (χ3n) is 3.61. The highest BCUT2D eigenvalue weighted by Gasteiger charge is 2.42. The molecule has 1 aromatic rings. The number of alkyl halides is 1. The number of hydrogen-bond acceptors (Lipinski definition) is 1. The minimum Gasteiger partial charge on any atom is -0.491 e. The molecule has 2 rings (SSSR count). The zero-order valence-electron chi connectivity index (χ0n) is 12.3. The van der Waals surface area contributed by atoms with Gasteiger partial charge in [0.15, 0.2) is 42.0 Å². The molecule has 0 aromatic heterocycles. The molecule has 1 aliphatic carbocycles. The first-order chi connectivity index (χ1) is 11.0. The molecule has 1 nitrogen and oxygen atoms in total. The number of ether oxygens (including phenoxy) is 1. The number of halogens is 8. The first-order valence-corrected chi connectivity index (χ1v) is 6.54. The van der Waals surface area contributed by atoms with Crippen molar-refractivity contribution in [2.24, 2.45) is 0 Å². The van der Waals surface area contributed by atoms with Gasteiger partial charge < -0.3 is 4.74 Å². The molecule has 0 saturated carbocycles. The van der Waals surface area contributed by atoms with E-state index in [-0.39, 0.29) is 6.08 Å². The number of benzene rings is 1. The van der Waals surface area contributed by atoms with Crippen LogP contribution in [-0.2, 0) is 0 Å². The van der Waals surface area contributed by atoms with Crippen LogP contribution in [0.25, 0.3) is 0 Å². The van der Waals surface area contributed by atoms with Crippen molar-refractivity contribution < 1.29 is 39.9 Å². The summed E-state index contributed by atoms with van der Waals surface area (Å²) in [6.07, 6.45) is 0.100. The summed E-state index contributed by atoms with van der Waals surface area (Å²) in [7, 11) is -0.485. The van der Waals surface area contributed by atoms with E-state index in [2.05, 4.69) is 4.74 Å². The van der Waals surface area contributed by atoms with Crippen molar-refractivity contribution in [1.29, 1.82) is 0 Å². The SMILES string of the molecule is COc1c(F)c(F)c(F)c(BC2C(F)=CC(C)(F)C(F)=C2F)c1F. The van der Waals surface area contributed by atoms with E-state index in [0.717, 1.165) is 7.11 Å². The van der Waals surface area contributed by atoms with Crippen molar-refractivity contribution in [3.8, 4) is 5.75 Å². The number of methoxy groups -OCH3 is 1. The fourth-order valence-corrected chi connectivity index (χ4v) is 2.34. The molecular weight excluding hydrogens is 347 g/mol. The van der Waals surface area contributed by atoms with Crippen LogP contribution >= 0.6 is 0 Å². The maximum Gasteiger partial charge on any atom is 0.206 e. The Morgan fingerprint density at radius 2 is 1.54 bits per heavy atom.